The van der Waals surface area contributed by atoms with Crippen LogP contribution in [0.25, 0.3) is 0 Å². The number of nitrogens with one attached hydrogen (secondary N) is 1. The number of benzene rings is 1. The highest BCUT2D eigenvalue weighted by molar-refractivity contribution is 7.93. The molecule has 0 spiro atoms. The third kappa shape index (κ3) is 3.10. The van der Waals surface area contributed by atoms with Gasteiger partial charge in [0.05, 0.1) is 10.9 Å². The summed E-state index contributed by atoms with van der Waals surface area (Å²) in [7, 11) is -1.80. The fourth-order valence-electron chi connectivity index (χ4n) is 2.72. The summed E-state index contributed by atoms with van der Waals surface area (Å²) in [6.45, 7) is 0.658. The van der Waals surface area contributed by atoms with Crippen molar-refractivity contribution in [1.29, 1.82) is 0 Å². The Balaban J connectivity index is 1.87. The van der Waals surface area contributed by atoms with Crippen LogP contribution in [0.3, 0.4) is 0 Å². The molecule has 2 aliphatic rings. The zero-order valence-electron chi connectivity index (χ0n) is 12.5. The molecule has 22 heavy (non-hydrogen) atoms. The van der Waals surface area contributed by atoms with Crippen molar-refractivity contribution in [3.8, 4) is 0 Å². The van der Waals surface area contributed by atoms with Crippen LogP contribution in [0.4, 0.5) is 11.4 Å². The lowest BCUT2D eigenvalue weighted by molar-refractivity contribution is -0.122. The molecule has 1 N–H and O–H groups in total. The molecule has 1 aliphatic heterocycles. The predicted octanol–water partition coefficient (Wildman–Crippen LogP) is 1.52. The van der Waals surface area contributed by atoms with Gasteiger partial charge in [0, 0.05) is 19.3 Å². The summed E-state index contributed by atoms with van der Waals surface area (Å²) >= 11 is 0. The minimum Gasteiger partial charge on any atom is -0.375 e. The number of anilines is 2. The molecule has 0 saturated heterocycles. The van der Waals surface area contributed by atoms with Crippen LogP contribution in [0, 0.1) is 0 Å². The maximum atomic E-state index is 12.1. The molecule has 0 radical (unpaired) electrons. The molecular formula is C15H20N2O4S. The SMILES string of the molecule is COCC(=O)N1CCCc2ccc(NS(=O)(=O)C3CC3)cc21. The molecule has 1 aromatic carbocycles. The number of hydrogen-bond donors (Lipinski definition) is 1. The molecule has 0 unspecified atom stereocenters. The van der Waals surface area contributed by atoms with Gasteiger partial charge in [-0.1, -0.05) is 6.07 Å². The minimum atomic E-state index is -3.29. The maximum Gasteiger partial charge on any atom is 0.252 e. The second-order valence-electron chi connectivity index (χ2n) is 5.77. The first-order valence-corrected chi connectivity index (χ1v) is 9.00. The van der Waals surface area contributed by atoms with E-state index in [9.17, 15) is 13.2 Å². The second kappa shape index (κ2) is 5.89. The molecular weight excluding hydrogens is 304 g/mol. The lowest BCUT2D eigenvalue weighted by atomic mass is 10.0. The summed E-state index contributed by atoms with van der Waals surface area (Å²) in [6.07, 6.45) is 3.23. The summed E-state index contributed by atoms with van der Waals surface area (Å²) in [6, 6.07) is 5.41. The van der Waals surface area contributed by atoms with Gasteiger partial charge in [0.25, 0.3) is 5.91 Å². The predicted molar refractivity (Wildman–Crippen MR) is 84.6 cm³/mol. The van der Waals surface area contributed by atoms with Gasteiger partial charge in [0.2, 0.25) is 10.0 Å². The van der Waals surface area contributed by atoms with Crippen LogP contribution in [0.15, 0.2) is 18.2 Å². The third-order valence-corrected chi connectivity index (χ3v) is 5.87. The zero-order chi connectivity index (χ0) is 15.7. The normalized spacial score (nSPS) is 18.0. The summed E-state index contributed by atoms with van der Waals surface area (Å²) in [5.74, 6) is -0.106. The van der Waals surface area contributed by atoms with Gasteiger partial charge in [0.1, 0.15) is 6.61 Å². The molecule has 120 valence electrons. The topological polar surface area (TPSA) is 75.7 Å². The number of hydrogen-bond acceptors (Lipinski definition) is 4. The van der Waals surface area contributed by atoms with Crippen molar-refractivity contribution in [2.75, 3.05) is 29.9 Å². The van der Waals surface area contributed by atoms with Crippen LogP contribution in [-0.2, 0) is 26.0 Å². The first-order valence-electron chi connectivity index (χ1n) is 7.45. The van der Waals surface area contributed by atoms with E-state index >= 15 is 0 Å². The first kappa shape index (κ1) is 15.3. The number of rotatable bonds is 5. The number of ether oxygens (including phenoxy) is 1. The number of aryl methyl sites for hydroxylation is 1. The van der Waals surface area contributed by atoms with Gasteiger partial charge in [-0.15, -0.1) is 0 Å². The van der Waals surface area contributed by atoms with Crippen LogP contribution >= 0.6 is 0 Å². The van der Waals surface area contributed by atoms with Crippen LogP contribution in [0.2, 0.25) is 0 Å². The average Bonchev–Trinajstić information content (AvgIpc) is 3.31. The Morgan fingerprint density at radius 2 is 2.18 bits per heavy atom. The number of methoxy groups -OCH3 is 1. The number of carbonyl (C=O) groups is 1. The van der Waals surface area contributed by atoms with E-state index in [1.165, 1.54) is 7.11 Å². The van der Waals surface area contributed by atoms with E-state index in [2.05, 4.69) is 4.72 Å². The molecule has 0 aromatic heterocycles. The van der Waals surface area contributed by atoms with Crippen LogP contribution in [0.5, 0.6) is 0 Å². The summed E-state index contributed by atoms with van der Waals surface area (Å²) in [5.41, 5.74) is 2.36. The fraction of sp³-hybridized carbons (Fsp3) is 0.533. The molecule has 1 saturated carbocycles. The van der Waals surface area contributed by atoms with Crippen LogP contribution < -0.4 is 9.62 Å². The monoisotopic (exact) mass is 324 g/mol. The van der Waals surface area contributed by atoms with E-state index in [0.29, 0.717) is 12.2 Å². The average molecular weight is 324 g/mol. The van der Waals surface area contributed by atoms with E-state index in [1.807, 2.05) is 6.07 Å². The van der Waals surface area contributed by atoms with Gasteiger partial charge in [-0.25, -0.2) is 8.42 Å². The Labute approximate surface area is 130 Å². The quantitative estimate of drug-likeness (QED) is 0.891. The standard InChI is InChI=1S/C15H20N2O4S/c1-21-10-15(18)17-8-2-3-11-4-5-12(9-14(11)17)16-22(19,20)13-6-7-13/h4-5,9,13,16H,2-3,6-8,10H2,1H3. The summed E-state index contributed by atoms with van der Waals surface area (Å²) < 4.78 is 31.6. The van der Waals surface area contributed by atoms with Crippen molar-refractivity contribution in [2.24, 2.45) is 0 Å². The molecule has 0 bridgehead atoms. The van der Waals surface area contributed by atoms with Gasteiger partial charge in [-0.05, 0) is 43.4 Å². The van der Waals surface area contributed by atoms with Crippen molar-refractivity contribution in [3.05, 3.63) is 23.8 Å². The van der Waals surface area contributed by atoms with Crippen molar-refractivity contribution >= 4 is 27.3 Å². The lowest BCUT2D eigenvalue weighted by Crippen LogP contribution is -2.37. The molecule has 1 aromatic rings. The second-order valence-corrected chi connectivity index (χ2v) is 7.73. The van der Waals surface area contributed by atoms with Gasteiger partial charge >= 0.3 is 0 Å². The molecule has 1 amide bonds. The van der Waals surface area contributed by atoms with E-state index < -0.39 is 10.0 Å². The molecule has 1 heterocycles. The van der Waals surface area contributed by atoms with Crippen molar-refractivity contribution < 1.29 is 17.9 Å². The number of fused-ring (bicyclic) bond motifs is 1. The fourth-order valence-corrected chi connectivity index (χ4v) is 4.10. The smallest absolute Gasteiger partial charge is 0.252 e. The highest BCUT2D eigenvalue weighted by atomic mass is 32.2. The van der Waals surface area contributed by atoms with E-state index in [0.717, 1.165) is 36.9 Å². The highest BCUT2D eigenvalue weighted by Crippen LogP contribution is 2.33. The highest BCUT2D eigenvalue weighted by Gasteiger charge is 2.36. The number of nitrogens with zero attached hydrogens (tertiary/aromatic N) is 1. The first-order chi connectivity index (χ1) is 10.5. The van der Waals surface area contributed by atoms with Crippen molar-refractivity contribution in [3.63, 3.8) is 0 Å². The van der Waals surface area contributed by atoms with Gasteiger partial charge in [0.15, 0.2) is 0 Å². The van der Waals surface area contributed by atoms with Crippen molar-refractivity contribution in [1.82, 2.24) is 0 Å². The van der Waals surface area contributed by atoms with Gasteiger partial charge < -0.3 is 9.64 Å². The Hall–Kier alpha value is -1.60. The Morgan fingerprint density at radius 1 is 1.41 bits per heavy atom. The van der Waals surface area contributed by atoms with Crippen LogP contribution in [0.1, 0.15) is 24.8 Å². The molecule has 1 aliphatic carbocycles. The maximum absolute atomic E-state index is 12.1. The van der Waals surface area contributed by atoms with Gasteiger partial charge in [-0.2, -0.15) is 0 Å². The minimum absolute atomic E-state index is 0.0253. The summed E-state index contributed by atoms with van der Waals surface area (Å²) in [4.78, 5) is 13.8. The van der Waals surface area contributed by atoms with Crippen LogP contribution in [-0.4, -0.2) is 39.8 Å². The molecule has 0 atom stereocenters. The third-order valence-electron chi connectivity index (χ3n) is 4.00. The number of carbonyl (C=O) groups excluding carboxylic acids is 1. The zero-order valence-corrected chi connectivity index (χ0v) is 13.4. The largest absolute Gasteiger partial charge is 0.375 e. The molecule has 3 rings (SSSR count). The Kier molecular flexibility index (Phi) is 4.10. The van der Waals surface area contributed by atoms with E-state index in [1.54, 1.807) is 17.0 Å². The van der Waals surface area contributed by atoms with E-state index in [4.69, 9.17) is 4.74 Å². The molecule has 6 nitrogen and oxygen atoms in total. The number of amides is 1. The Bertz CT molecular complexity index is 683. The lowest BCUT2D eigenvalue weighted by Gasteiger charge is -2.30. The summed E-state index contributed by atoms with van der Waals surface area (Å²) in [5, 5.41) is -0.269. The number of sulfonamides is 1. The van der Waals surface area contributed by atoms with E-state index in [-0.39, 0.29) is 17.8 Å². The molecule has 1 fully saturated rings. The van der Waals surface area contributed by atoms with Crippen molar-refractivity contribution in [2.45, 2.75) is 30.9 Å². The molecule has 7 heteroatoms. The van der Waals surface area contributed by atoms with Gasteiger partial charge in [-0.3, -0.25) is 9.52 Å². The Morgan fingerprint density at radius 3 is 2.86 bits per heavy atom.